The maximum atomic E-state index is 12.3. The Labute approximate surface area is 158 Å². The third kappa shape index (κ3) is 6.72. The van der Waals surface area contributed by atoms with Crippen molar-refractivity contribution in [2.75, 3.05) is 39.8 Å². The highest BCUT2D eigenvalue weighted by Gasteiger charge is 2.23. The second-order valence-electron chi connectivity index (χ2n) is 6.42. The predicted molar refractivity (Wildman–Crippen MR) is 99.8 cm³/mol. The fourth-order valence-electron chi connectivity index (χ4n) is 3.06. The summed E-state index contributed by atoms with van der Waals surface area (Å²) in [7, 11) is 1.82. The molecule has 2 amide bonds. The van der Waals surface area contributed by atoms with Crippen LogP contribution >= 0.6 is 11.6 Å². The monoisotopic (exact) mass is 383 g/mol. The third-order valence-electron chi connectivity index (χ3n) is 4.44. The van der Waals surface area contributed by atoms with Gasteiger partial charge in [0.25, 0.3) is 0 Å². The number of hydrogen-bond donors (Lipinski definition) is 2. The van der Waals surface area contributed by atoms with E-state index >= 15 is 0 Å². The molecule has 0 radical (unpaired) electrons. The first-order valence-corrected chi connectivity index (χ1v) is 9.16. The Bertz CT molecular complexity index is 614. The summed E-state index contributed by atoms with van der Waals surface area (Å²) in [6, 6.07) is 7.21. The Balaban J connectivity index is 1.70. The maximum absolute atomic E-state index is 12.3. The third-order valence-corrected chi connectivity index (χ3v) is 4.67. The van der Waals surface area contributed by atoms with Crippen LogP contribution in [0.5, 0.6) is 5.75 Å². The van der Waals surface area contributed by atoms with E-state index in [2.05, 4.69) is 5.32 Å². The summed E-state index contributed by atoms with van der Waals surface area (Å²) in [6.07, 6.45) is 2.53. The molecule has 1 aliphatic heterocycles. The Morgan fingerprint density at radius 2 is 2.19 bits per heavy atom. The number of carbonyl (C=O) groups excluding carboxylic acids is 1. The Morgan fingerprint density at radius 1 is 1.38 bits per heavy atom. The molecule has 26 heavy (non-hydrogen) atoms. The van der Waals surface area contributed by atoms with E-state index in [1.165, 1.54) is 0 Å². The molecule has 1 unspecified atom stereocenters. The van der Waals surface area contributed by atoms with Gasteiger partial charge in [0.15, 0.2) is 0 Å². The second-order valence-corrected chi connectivity index (χ2v) is 6.85. The quantitative estimate of drug-likeness (QED) is 0.706. The molecular formula is C18H26ClN3O4. The molecule has 1 aliphatic rings. The minimum atomic E-state index is -0.828. The van der Waals surface area contributed by atoms with Crippen LogP contribution in [0.25, 0.3) is 0 Å². The summed E-state index contributed by atoms with van der Waals surface area (Å²) in [5.74, 6) is -0.156. The van der Waals surface area contributed by atoms with Crippen LogP contribution in [-0.4, -0.2) is 72.8 Å². The molecule has 144 valence electrons. The summed E-state index contributed by atoms with van der Waals surface area (Å²) in [5, 5.41) is 12.4. The van der Waals surface area contributed by atoms with Gasteiger partial charge < -0.3 is 20.1 Å². The average molecular weight is 384 g/mol. The van der Waals surface area contributed by atoms with Gasteiger partial charge in [-0.2, -0.15) is 0 Å². The molecule has 8 heteroatoms. The van der Waals surface area contributed by atoms with Crippen LogP contribution in [0.15, 0.2) is 24.3 Å². The van der Waals surface area contributed by atoms with Crippen LogP contribution in [0.4, 0.5) is 4.79 Å². The standard InChI is InChI=1S/C18H26ClN3O4/c1-21(13-17(23)24)15-5-3-9-22(10-7-15)18(25)20-8-11-26-16-6-2-4-14(19)12-16/h2,4,6,12,15H,3,5,7-11,13H2,1H3,(H,20,25)(H,23,24). The number of ether oxygens (including phenoxy) is 1. The number of nitrogens with one attached hydrogen (secondary N) is 1. The summed E-state index contributed by atoms with van der Waals surface area (Å²) in [6.45, 7) is 2.10. The van der Waals surface area contributed by atoms with Gasteiger partial charge in [-0.05, 0) is 44.5 Å². The number of nitrogens with zero attached hydrogens (tertiary/aromatic N) is 2. The van der Waals surface area contributed by atoms with Crippen LogP contribution in [0.2, 0.25) is 5.02 Å². The number of likely N-dealkylation sites (tertiary alicyclic amines) is 1. The van der Waals surface area contributed by atoms with Crippen molar-refractivity contribution in [2.24, 2.45) is 0 Å². The van der Waals surface area contributed by atoms with Crippen LogP contribution < -0.4 is 10.1 Å². The van der Waals surface area contributed by atoms with Gasteiger partial charge in [-0.3, -0.25) is 9.69 Å². The van der Waals surface area contributed by atoms with Crippen molar-refractivity contribution in [3.63, 3.8) is 0 Å². The molecule has 2 N–H and O–H groups in total. The minimum absolute atomic E-state index is 0.0255. The van der Waals surface area contributed by atoms with Gasteiger partial charge in [0.2, 0.25) is 0 Å². The zero-order chi connectivity index (χ0) is 18.9. The summed E-state index contributed by atoms with van der Waals surface area (Å²) in [4.78, 5) is 26.8. The van der Waals surface area contributed by atoms with E-state index in [1.807, 2.05) is 24.1 Å². The van der Waals surface area contributed by atoms with E-state index in [9.17, 15) is 9.59 Å². The molecule has 0 saturated carbocycles. The highest BCUT2D eigenvalue weighted by Crippen LogP contribution is 2.17. The first-order valence-electron chi connectivity index (χ1n) is 8.79. The van der Waals surface area contributed by atoms with Crippen molar-refractivity contribution in [1.82, 2.24) is 15.1 Å². The van der Waals surface area contributed by atoms with Gasteiger partial charge in [-0.1, -0.05) is 17.7 Å². The zero-order valence-electron chi connectivity index (χ0n) is 15.0. The molecule has 0 aromatic heterocycles. The van der Waals surface area contributed by atoms with E-state index in [0.717, 1.165) is 19.3 Å². The number of amides is 2. The Hall–Kier alpha value is -1.99. The van der Waals surface area contributed by atoms with Crippen molar-refractivity contribution in [3.05, 3.63) is 29.3 Å². The van der Waals surface area contributed by atoms with Gasteiger partial charge >= 0.3 is 12.0 Å². The smallest absolute Gasteiger partial charge is 0.317 e. The number of aliphatic carboxylic acids is 1. The number of hydrogen-bond acceptors (Lipinski definition) is 4. The molecular weight excluding hydrogens is 358 g/mol. The summed E-state index contributed by atoms with van der Waals surface area (Å²) < 4.78 is 5.55. The molecule has 1 aromatic rings. The van der Waals surface area contributed by atoms with Crippen molar-refractivity contribution < 1.29 is 19.4 Å². The number of carboxylic acid groups (broad SMARTS) is 1. The molecule has 0 bridgehead atoms. The van der Waals surface area contributed by atoms with Crippen molar-refractivity contribution in [2.45, 2.75) is 25.3 Å². The lowest BCUT2D eigenvalue weighted by atomic mass is 10.1. The maximum Gasteiger partial charge on any atom is 0.317 e. The fourth-order valence-corrected chi connectivity index (χ4v) is 3.24. The Morgan fingerprint density at radius 3 is 2.92 bits per heavy atom. The average Bonchev–Trinajstić information content (AvgIpc) is 2.84. The predicted octanol–water partition coefficient (Wildman–Crippen LogP) is 2.30. The van der Waals surface area contributed by atoms with Crippen molar-refractivity contribution in [1.29, 1.82) is 0 Å². The number of carbonyl (C=O) groups is 2. The second kappa shape index (κ2) is 10.2. The number of urea groups is 1. The zero-order valence-corrected chi connectivity index (χ0v) is 15.7. The highest BCUT2D eigenvalue weighted by atomic mass is 35.5. The number of likely N-dealkylation sites (N-methyl/N-ethyl adjacent to an activating group) is 1. The molecule has 1 heterocycles. The van der Waals surface area contributed by atoms with Crippen LogP contribution in [0.3, 0.4) is 0 Å². The number of halogens is 1. The molecule has 1 atom stereocenters. The van der Waals surface area contributed by atoms with Gasteiger partial charge in [0.1, 0.15) is 12.4 Å². The molecule has 1 fully saturated rings. The lowest BCUT2D eigenvalue weighted by Crippen LogP contribution is -2.42. The van der Waals surface area contributed by atoms with Crippen molar-refractivity contribution in [3.8, 4) is 5.75 Å². The Kier molecular flexibility index (Phi) is 8.00. The first kappa shape index (κ1) is 20.3. The number of rotatable bonds is 7. The number of carboxylic acids is 1. The molecule has 0 spiro atoms. The normalized spacial score (nSPS) is 17.7. The van der Waals surface area contributed by atoms with Gasteiger partial charge in [-0.15, -0.1) is 0 Å². The van der Waals surface area contributed by atoms with Gasteiger partial charge in [0, 0.05) is 24.2 Å². The minimum Gasteiger partial charge on any atom is -0.492 e. The topological polar surface area (TPSA) is 82.1 Å². The van der Waals surface area contributed by atoms with E-state index < -0.39 is 5.97 Å². The molecule has 1 saturated heterocycles. The largest absolute Gasteiger partial charge is 0.492 e. The fraction of sp³-hybridized carbons (Fsp3) is 0.556. The molecule has 7 nitrogen and oxygen atoms in total. The molecule has 1 aromatic carbocycles. The van der Waals surface area contributed by atoms with Gasteiger partial charge in [0.05, 0.1) is 13.1 Å². The van der Waals surface area contributed by atoms with Crippen LogP contribution in [0, 0.1) is 0 Å². The molecule has 0 aliphatic carbocycles. The summed E-state index contributed by atoms with van der Waals surface area (Å²) in [5.41, 5.74) is 0. The highest BCUT2D eigenvalue weighted by molar-refractivity contribution is 6.30. The van der Waals surface area contributed by atoms with Gasteiger partial charge in [-0.25, -0.2) is 4.79 Å². The van der Waals surface area contributed by atoms with E-state index in [-0.39, 0.29) is 18.6 Å². The lowest BCUT2D eigenvalue weighted by molar-refractivity contribution is -0.138. The van der Waals surface area contributed by atoms with Crippen molar-refractivity contribution >= 4 is 23.6 Å². The van der Waals surface area contributed by atoms with E-state index in [4.69, 9.17) is 21.4 Å². The van der Waals surface area contributed by atoms with Crippen LogP contribution in [-0.2, 0) is 4.79 Å². The van der Waals surface area contributed by atoms with Crippen LogP contribution in [0.1, 0.15) is 19.3 Å². The first-order chi connectivity index (χ1) is 12.5. The van der Waals surface area contributed by atoms with E-state index in [0.29, 0.717) is 37.0 Å². The molecule has 2 rings (SSSR count). The SMILES string of the molecule is CN(CC(=O)O)C1CCCN(C(=O)NCCOc2cccc(Cl)c2)CC1. The summed E-state index contributed by atoms with van der Waals surface area (Å²) >= 11 is 5.89. The lowest BCUT2D eigenvalue weighted by Gasteiger charge is -2.25. The van der Waals surface area contributed by atoms with E-state index in [1.54, 1.807) is 17.0 Å². The number of benzene rings is 1.